The lowest BCUT2D eigenvalue weighted by Gasteiger charge is -2.26. The van der Waals surface area contributed by atoms with Gasteiger partial charge in [0.25, 0.3) is 0 Å². The van der Waals surface area contributed by atoms with Crippen LogP contribution in [0.3, 0.4) is 0 Å². The van der Waals surface area contributed by atoms with Crippen molar-refractivity contribution in [3.8, 4) is 0 Å². The molecule has 16 heavy (non-hydrogen) atoms. The fourth-order valence-electron chi connectivity index (χ4n) is 3.04. The first-order valence-electron chi connectivity index (χ1n) is 6.58. The Hall–Kier alpha value is -0.350. The molecule has 0 bridgehead atoms. The standard InChI is InChI=1S/C15H23P/c1-11(2)15-13(9-6-10-14(15)16)12-7-4-3-5-8-12/h6,9-12H,3-5,7-8,16H2,1-2H3. The Bertz CT molecular complexity index is 348. The van der Waals surface area contributed by atoms with Crippen LogP contribution >= 0.6 is 9.24 Å². The van der Waals surface area contributed by atoms with Gasteiger partial charge in [-0.05, 0) is 41.1 Å². The van der Waals surface area contributed by atoms with Crippen LogP contribution in [0, 0.1) is 0 Å². The predicted octanol–water partition coefficient (Wildman–Crippen LogP) is 4.36. The van der Waals surface area contributed by atoms with Gasteiger partial charge in [0.15, 0.2) is 0 Å². The van der Waals surface area contributed by atoms with Gasteiger partial charge in [0.1, 0.15) is 0 Å². The van der Waals surface area contributed by atoms with Crippen LogP contribution in [-0.4, -0.2) is 0 Å². The highest BCUT2D eigenvalue weighted by molar-refractivity contribution is 7.27. The van der Waals surface area contributed by atoms with E-state index >= 15 is 0 Å². The average molecular weight is 234 g/mol. The van der Waals surface area contributed by atoms with Crippen molar-refractivity contribution in [1.82, 2.24) is 0 Å². The quantitative estimate of drug-likeness (QED) is 0.667. The second-order valence-electron chi connectivity index (χ2n) is 5.34. The minimum Gasteiger partial charge on any atom is -0.105 e. The molecule has 1 aromatic rings. The molecule has 1 saturated carbocycles. The molecule has 0 spiro atoms. The Morgan fingerprint density at radius 1 is 1.12 bits per heavy atom. The Morgan fingerprint density at radius 3 is 2.44 bits per heavy atom. The molecule has 0 heterocycles. The Balaban J connectivity index is 2.34. The van der Waals surface area contributed by atoms with E-state index < -0.39 is 0 Å². The summed E-state index contributed by atoms with van der Waals surface area (Å²) in [5, 5.41) is 1.40. The van der Waals surface area contributed by atoms with Gasteiger partial charge in [0, 0.05) is 0 Å². The van der Waals surface area contributed by atoms with E-state index in [1.165, 1.54) is 37.4 Å². The smallest absolute Gasteiger partial charge is 0.0159 e. The maximum absolute atomic E-state index is 2.91. The zero-order chi connectivity index (χ0) is 11.5. The molecule has 1 unspecified atom stereocenters. The molecular formula is C15H23P. The SMILES string of the molecule is CC(C)c1c(P)cccc1C1CCCCC1. The maximum Gasteiger partial charge on any atom is -0.0159 e. The van der Waals surface area contributed by atoms with Gasteiger partial charge >= 0.3 is 0 Å². The highest BCUT2D eigenvalue weighted by Crippen LogP contribution is 2.36. The van der Waals surface area contributed by atoms with Crippen LogP contribution in [0.4, 0.5) is 0 Å². The topological polar surface area (TPSA) is 0 Å². The van der Waals surface area contributed by atoms with E-state index in [2.05, 4.69) is 41.3 Å². The molecule has 0 aliphatic heterocycles. The van der Waals surface area contributed by atoms with Crippen molar-refractivity contribution in [3.63, 3.8) is 0 Å². The highest BCUT2D eigenvalue weighted by Gasteiger charge is 2.20. The monoisotopic (exact) mass is 234 g/mol. The highest BCUT2D eigenvalue weighted by atomic mass is 31.0. The molecule has 0 nitrogen and oxygen atoms in total. The van der Waals surface area contributed by atoms with E-state index in [1.807, 2.05) is 0 Å². The van der Waals surface area contributed by atoms with Crippen LogP contribution < -0.4 is 5.30 Å². The van der Waals surface area contributed by atoms with Crippen molar-refractivity contribution in [2.75, 3.05) is 0 Å². The summed E-state index contributed by atoms with van der Waals surface area (Å²) in [5.74, 6) is 1.47. The lowest BCUT2D eigenvalue weighted by Crippen LogP contribution is -2.13. The van der Waals surface area contributed by atoms with Gasteiger partial charge in [-0.25, -0.2) is 0 Å². The van der Waals surface area contributed by atoms with E-state index in [1.54, 1.807) is 11.1 Å². The molecule has 1 aliphatic rings. The van der Waals surface area contributed by atoms with E-state index in [4.69, 9.17) is 0 Å². The second kappa shape index (κ2) is 5.32. The Morgan fingerprint density at radius 2 is 1.81 bits per heavy atom. The Kier molecular flexibility index (Phi) is 4.03. The summed E-state index contributed by atoms with van der Waals surface area (Å²) in [7, 11) is 2.91. The summed E-state index contributed by atoms with van der Waals surface area (Å²) in [4.78, 5) is 0. The third-order valence-corrected chi connectivity index (χ3v) is 4.30. The molecule has 0 N–H and O–H groups in total. The largest absolute Gasteiger partial charge is 0.105 e. The van der Waals surface area contributed by atoms with E-state index in [0.29, 0.717) is 5.92 Å². The van der Waals surface area contributed by atoms with E-state index in [0.717, 1.165) is 5.92 Å². The first-order chi connectivity index (χ1) is 7.70. The molecule has 0 radical (unpaired) electrons. The number of hydrogen-bond donors (Lipinski definition) is 0. The molecule has 0 amide bonds. The van der Waals surface area contributed by atoms with Gasteiger partial charge in [-0.1, -0.05) is 51.3 Å². The van der Waals surface area contributed by atoms with Crippen molar-refractivity contribution in [1.29, 1.82) is 0 Å². The van der Waals surface area contributed by atoms with Crippen LogP contribution in [0.2, 0.25) is 0 Å². The van der Waals surface area contributed by atoms with Crippen molar-refractivity contribution in [2.45, 2.75) is 57.8 Å². The third kappa shape index (κ3) is 2.48. The van der Waals surface area contributed by atoms with Gasteiger partial charge < -0.3 is 0 Å². The minimum absolute atomic E-state index is 0.644. The molecule has 2 rings (SSSR count). The van der Waals surface area contributed by atoms with Crippen LogP contribution in [0.15, 0.2) is 18.2 Å². The van der Waals surface area contributed by atoms with Gasteiger partial charge in [-0.2, -0.15) is 0 Å². The lowest BCUT2D eigenvalue weighted by molar-refractivity contribution is 0.441. The predicted molar refractivity (Wildman–Crippen MR) is 75.7 cm³/mol. The second-order valence-corrected chi connectivity index (χ2v) is 5.96. The molecule has 1 fully saturated rings. The van der Waals surface area contributed by atoms with Crippen molar-refractivity contribution in [3.05, 3.63) is 29.3 Å². The lowest BCUT2D eigenvalue weighted by atomic mass is 9.80. The van der Waals surface area contributed by atoms with Crippen LogP contribution in [-0.2, 0) is 0 Å². The first-order valence-corrected chi connectivity index (χ1v) is 7.16. The number of hydrogen-bond acceptors (Lipinski definition) is 0. The molecule has 88 valence electrons. The van der Waals surface area contributed by atoms with Gasteiger partial charge in [-0.15, -0.1) is 9.24 Å². The molecule has 1 aromatic carbocycles. The molecular weight excluding hydrogens is 211 g/mol. The summed E-state index contributed by atoms with van der Waals surface area (Å²) >= 11 is 0. The fraction of sp³-hybridized carbons (Fsp3) is 0.600. The van der Waals surface area contributed by atoms with Gasteiger partial charge in [-0.3, -0.25) is 0 Å². The normalized spacial score (nSPS) is 18.0. The Labute approximate surface area is 102 Å². The molecule has 0 aromatic heterocycles. The van der Waals surface area contributed by atoms with Crippen LogP contribution in [0.1, 0.15) is 68.9 Å². The summed E-state index contributed by atoms with van der Waals surface area (Å²) < 4.78 is 0. The molecule has 1 atom stereocenters. The molecule has 1 heteroatoms. The summed E-state index contributed by atoms with van der Waals surface area (Å²) in [6.07, 6.45) is 7.07. The zero-order valence-corrected chi connectivity index (χ0v) is 11.7. The summed E-state index contributed by atoms with van der Waals surface area (Å²) in [5.41, 5.74) is 3.21. The molecule has 1 aliphatic carbocycles. The fourth-order valence-corrected chi connectivity index (χ4v) is 3.65. The summed E-state index contributed by atoms with van der Waals surface area (Å²) in [6.45, 7) is 4.63. The minimum atomic E-state index is 0.644. The number of benzene rings is 1. The third-order valence-electron chi connectivity index (χ3n) is 3.80. The maximum atomic E-state index is 2.91. The van der Waals surface area contributed by atoms with Gasteiger partial charge in [0.2, 0.25) is 0 Å². The zero-order valence-electron chi connectivity index (χ0n) is 10.5. The van der Waals surface area contributed by atoms with Crippen molar-refractivity contribution in [2.24, 2.45) is 0 Å². The first kappa shape index (κ1) is 12.1. The molecule has 0 saturated heterocycles. The van der Waals surface area contributed by atoms with Crippen molar-refractivity contribution >= 4 is 14.5 Å². The van der Waals surface area contributed by atoms with E-state index in [9.17, 15) is 0 Å². The average Bonchev–Trinajstić information content (AvgIpc) is 2.29. The van der Waals surface area contributed by atoms with Crippen LogP contribution in [0.5, 0.6) is 0 Å². The van der Waals surface area contributed by atoms with Gasteiger partial charge in [0.05, 0.1) is 0 Å². The summed E-state index contributed by atoms with van der Waals surface area (Å²) in [6, 6.07) is 6.81. The number of rotatable bonds is 2. The van der Waals surface area contributed by atoms with Crippen molar-refractivity contribution < 1.29 is 0 Å². The van der Waals surface area contributed by atoms with Crippen LogP contribution in [0.25, 0.3) is 0 Å². The van der Waals surface area contributed by atoms with E-state index in [-0.39, 0.29) is 0 Å².